The maximum Gasteiger partial charge on any atom is 0.337 e. The maximum atomic E-state index is 12.8. The van der Waals surface area contributed by atoms with Crippen molar-refractivity contribution in [2.45, 2.75) is 6.92 Å². The van der Waals surface area contributed by atoms with E-state index in [9.17, 15) is 14.4 Å². The standard InChI is InChI=1S/C23H14Cl2N2O5S2/c1-11-2-5-14(16(24)8-11)20(28)26-27-21(29)19(34-23(27)33)10-13-4-7-18(32-13)12-3-6-15(22(30)31)17(25)9-12/h2-10H,1H3,(H,26,28)(H,30,31)/b19-10-. The minimum atomic E-state index is -1.13. The van der Waals surface area contributed by atoms with E-state index < -0.39 is 17.8 Å². The Morgan fingerprint density at radius 1 is 1.09 bits per heavy atom. The van der Waals surface area contributed by atoms with Gasteiger partial charge in [0.25, 0.3) is 11.8 Å². The van der Waals surface area contributed by atoms with Crippen molar-refractivity contribution in [1.82, 2.24) is 10.4 Å². The number of carbonyl (C=O) groups is 3. The number of halogens is 2. The number of furan rings is 1. The van der Waals surface area contributed by atoms with Crippen LogP contribution in [0.25, 0.3) is 17.4 Å². The van der Waals surface area contributed by atoms with Crippen LogP contribution in [0.4, 0.5) is 0 Å². The summed E-state index contributed by atoms with van der Waals surface area (Å²) in [6, 6.07) is 12.7. The van der Waals surface area contributed by atoms with Crippen LogP contribution in [-0.2, 0) is 4.79 Å². The first-order valence-electron chi connectivity index (χ1n) is 9.62. The van der Waals surface area contributed by atoms with E-state index in [0.717, 1.165) is 22.3 Å². The zero-order chi connectivity index (χ0) is 24.6. The van der Waals surface area contributed by atoms with Gasteiger partial charge in [0.05, 0.1) is 26.1 Å². The summed E-state index contributed by atoms with van der Waals surface area (Å²) in [6.45, 7) is 1.85. The molecule has 0 radical (unpaired) electrons. The number of hydrogen-bond acceptors (Lipinski definition) is 6. The molecule has 2 heterocycles. The molecule has 11 heteroatoms. The molecule has 0 saturated carbocycles. The van der Waals surface area contributed by atoms with Crippen LogP contribution in [0, 0.1) is 6.92 Å². The Morgan fingerprint density at radius 2 is 1.79 bits per heavy atom. The number of benzene rings is 2. The average Bonchev–Trinajstić information content (AvgIpc) is 3.33. The van der Waals surface area contributed by atoms with Crippen molar-refractivity contribution in [3.8, 4) is 11.3 Å². The minimum Gasteiger partial charge on any atom is -0.478 e. The number of nitrogens with zero attached hydrogens (tertiary/aromatic N) is 1. The molecule has 4 rings (SSSR count). The first-order valence-corrected chi connectivity index (χ1v) is 11.6. The van der Waals surface area contributed by atoms with Crippen LogP contribution in [0.3, 0.4) is 0 Å². The number of carboxylic acids is 1. The number of aryl methyl sites for hydroxylation is 1. The fraction of sp³-hybridized carbons (Fsp3) is 0.0435. The number of carbonyl (C=O) groups excluding carboxylic acids is 2. The third kappa shape index (κ3) is 4.88. The van der Waals surface area contributed by atoms with Crippen molar-refractivity contribution in [2.75, 3.05) is 0 Å². The molecule has 0 unspecified atom stereocenters. The van der Waals surface area contributed by atoms with Gasteiger partial charge in [0.15, 0.2) is 4.32 Å². The maximum absolute atomic E-state index is 12.8. The highest BCUT2D eigenvalue weighted by molar-refractivity contribution is 8.26. The monoisotopic (exact) mass is 532 g/mol. The lowest BCUT2D eigenvalue weighted by molar-refractivity contribution is -0.123. The summed E-state index contributed by atoms with van der Waals surface area (Å²) in [4.78, 5) is 36.8. The van der Waals surface area contributed by atoms with Crippen LogP contribution in [0.1, 0.15) is 32.0 Å². The fourth-order valence-corrected chi connectivity index (χ4v) is 4.83. The van der Waals surface area contributed by atoms with Crippen LogP contribution in [-0.4, -0.2) is 32.2 Å². The van der Waals surface area contributed by atoms with Gasteiger partial charge in [-0.25, -0.2) is 4.79 Å². The molecule has 2 aromatic carbocycles. The van der Waals surface area contributed by atoms with Gasteiger partial charge in [-0.3, -0.25) is 15.0 Å². The van der Waals surface area contributed by atoms with Crippen molar-refractivity contribution in [3.63, 3.8) is 0 Å². The second-order valence-electron chi connectivity index (χ2n) is 7.14. The predicted molar refractivity (Wildman–Crippen MR) is 135 cm³/mol. The Morgan fingerprint density at radius 3 is 2.47 bits per heavy atom. The summed E-state index contributed by atoms with van der Waals surface area (Å²) >= 11 is 18.4. The zero-order valence-corrected chi connectivity index (χ0v) is 20.4. The smallest absolute Gasteiger partial charge is 0.337 e. The van der Waals surface area contributed by atoms with Gasteiger partial charge >= 0.3 is 5.97 Å². The molecular formula is C23H14Cl2N2O5S2. The molecule has 1 aliphatic rings. The van der Waals surface area contributed by atoms with Crippen molar-refractivity contribution >= 4 is 75.4 Å². The van der Waals surface area contributed by atoms with E-state index >= 15 is 0 Å². The summed E-state index contributed by atoms with van der Waals surface area (Å²) in [6.07, 6.45) is 1.50. The number of amides is 2. The molecule has 7 nitrogen and oxygen atoms in total. The number of nitrogens with one attached hydrogen (secondary N) is 1. The van der Waals surface area contributed by atoms with Gasteiger partial charge in [0, 0.05) is 11.6 Å². The quantitative estimate of drug-likeness (QED) is 0.316. The summed E-state index contributed by atoms with van der Waals surface area (Å²) in [5, 5.41) is 10.4. The SMILES string of the molecule is Cc1ccc(C(=O)NN2C(=O)/C(=C/c3ccc(-c4ccc(C(=O)O)c(Cl)c4)o3)SC2=S)c(Cl)c1. The minimum absolute atomic E-state index is 0.0187. The molecule has 3 aromatic rings. The van der Waals surface area contributed by atoms with Gasteiger partial charge in [-0.2, -0.15) is 5.01 Å². The number of aromatic carboxylic acids is 1. The Kier molecular flexibility index (Phi) is 6.81. The number of rotatable bonds is 5. The molecule has 0 spiro atoms. The lowest BCUT2D eigenvalue weighted by Gasteiger charge is -2.16. The third-order valence-corrected chi connectivity index (χ3v) is 6.69. The first-order chi connectivity index (χ1) is 16.1. The second kappa shape index (κ2) is 9.63. The molecule has 34 heavy (non-hydrogen) atoms. The Bertz CT molecular complexity index is 1400. The van der Waals surface area contributed by atoms with E-state index in [1.165, 1.54) is 18.2 Å². The second-order valence-corrected chi connectivity index (χ2v) is 9.63. The Hall–Kier alpha value is -3.11. The summed E-state index contributed by atoms with van der Waals surface area (Å²) in [5.74, 6) is -1.41. The Labute approximate surface area is 213 Å². The summed E-state index contributed by atoms with van der Waals surface area (Å²) in [5.41, 5.74) is 4.15. The highest BCUT2D eigenvalue weighted by atomic mass is 35.5. The molecule has 1 saturated heterocycles. The highest BCUT2D eigenvalue weighted by Gasteiger charge is 2.34. The van der Waals surface area contributed by atoms with E-state index in [0.29, 0.717) is 17.1 Å². The Balaban J connectivity index is 1.51. The van der Waals surface area contributed by atoms with Crippen LogP contribution in [0.15, 0.2) is 57.9 Å². The van der Waals surface area contributed by atoms with Gasteiger partial charge in [0.2, 0.25) is 0 Å². The van der Waals surface area contributed by atoms with Crippen molar-refractivity contribution < 1.29 is 23.9 Å². The molecule has 1 aromatic heterocycles. The molecule has 0 bridgehead atoms. The zero-order valence-electron chi connectivity index (χ0n) is 17.3. The van der Waals surface area contributed by atoms with Crippen LogP contribution in [0.2, 0.25) is 10.0 Å². The lowest BCUT2D eigenvalue weighted by atomic mass is 10.1. The molecule has 1 fully saturated rings. The lowest BCUT2D eigenvalue weighted by Crippen LogP contribution is -2.44. The van der Waals surface area contributed by atoms with Crippen LogP contribution < -0.4 is 5.43 Å². The summed E-state index contributed by atoms with van der Waals surface area (Å²) < 4.78 is 5.92. The topological polar surface area (TPSA) is 99.9 Å². The largest absolute Gasteiger partial charge is 0.478 e. The van der Waals surface area contributed by atoms with Crippen LogP contribution >= 0.6 is 47.2 Å². The van der Waals surface area contributed by atoms with E-state index in [1.807, 2.05) is 6.92 Å². The summed E-state index contributed by atoms with van der Waals surface area (Å²) in [7, 11) is 0. The normalized spacial score (nSPS) is 14.7. The van der Waals surface area contributed by atoms with E-state index in [1.54, 1.807) is 36.4 Å². The van der Waals surface area contributed by atoms with Gasteiger partial charge in [-0.15, -0.1) is 0 Å². The third-order valence-electron chi connectivity index (χ3n) is 4.76. The van der Waals surface area contributed by atoms with Crippen molar-refractivity contribution in [3.05, 3.63) is 85.9 Å². The van der Waals surface area contributed by atoms with E-state index in [4.69, 9.17) is 44.9 Å². The number of hydrazine groups is 1. The number of hydrogen-bond donors (Lipinski definition) is 2. The van der Waals surface area contributed by atoms with Crippen molar-refractivity contribution in [2.24, 2.45) is 0 Å². The highest BCUT2D eigenvalue weighted by Crippen LogP contribution is 2.33. The van der Waals surface area contributed by atoms with Gasteiger partial charge in [0.1, 0.15) is 11.5 Å². The van der Waals surface area contributed by atoms with E-state index in [-0.39, 0.29) is 30.4 Å². The van der Waals surface area contributed by atoms with Gasteiger partial charge < -0.3 is 9.52 Å². The molecule has 0 aliphatic carbocycles. The van der Waals surface area contributed by atoms with Crippen molar-refractivity contribution in [1.29, 1.82) is 0 Å². The van der Waals surface area contributed by atoms with Gasteiger partial charge in [-0.1, -0.05) is 47.1 Å². The average molecular weight is 533 g/mol. The van der Waals surface area contributed by atoms with E-state index in [2.05, 4.69) is 5.43 Å². The molecule has 2 amide bonds. The molecule has 1 aliphatic heterocycles. The molecular weight excluding hydrogens is 519 g/mol. The molecule has 172 valence electrons. The molecule has 0 atom stereocenters. The van der Waals surface area contributed by atoms with Crippen LogP contribution in [0.5, 0.6) is 0 Å². The number of thioether (sulfide) groups is 1. The number of thiocarbonyl (C=S) groups is 1. The predicted octanol–water partition coefficient (Wildman–Crippen LogP) is 5.81. The first kappa shape index (κ1) is 24.0. The van der Waals surface area contributed by atoms with Gasteiger partial charge in [-0.05, 0) is 61.1 Å². The fourth-order valence-electron chi connectivity index (χ4n) is 3.09. The molecule has 2 N–H and O–H groups in total. The number of carboxylic acid groups (broad SMARTS) is 1.